The van der Waals surface area contributed by atoms with Crippen molar-refractivity contribution in [2.45, 2.75) is 38.6 Å². The smallest absolute Gasteiger partial charge is 0.390 e. The molecule has 3 aromatic carbocycles. The number of nitrogens with zero attached hydrogens (tertiary/aromatic N) is 1. The average Bonchev–Trinajstić information content (AvgIpc) is 3.04. The first-order chi connectivity index (χ1) is 15.0. The van der Waals surface area contributed by atoms with Crippen molar-refractivity contribution in [1.82, 2.24) is 4.57 Å². The fraction of sp³-hybridized carbons (Fsp3) is 0.240. The van der Waals surface area contributed by atoms with E-state index < -0.39 is 28.8 Å². The zero-order valence-corrected chi connectivity index (χ0v) is 17.7. The number of alkyl halides is 3. The molecular weight excluding hydrogens is 417 g/mol. The SMILES string of the molecule is CC(C)(O)CCn1c2ccccc2c2cc(NC(=O)c3ccccc3C(F)(F)F)ccc21. The molecule has 0 unspecified atom stereocenters. The highest BCUT2D eigenvalue weighted by molar-refractivity contribution is 6.11. The number of halogens is 3. The number of carbonyl (C=O) groups is 1. The Labute approximate surface area is 183 Å². The lowest BCUT2D eigenvalue weighted by atomic mass is 10.1. The number of benzene rings is 3. The van der Waals surface area contributed by atoms with Crippen LogP contribution in [0.25, 0.3) is 21.8 Å². The molecule has 0 aliphatic carbocycles. The van der Waals surface area contributed by atoms with Gasteiger partial charge in [-0.15, -0.1) is 0 Å². The molecule has 0 aliphatic rings. The van der Waals surface area contributed by atoms with Crippen LogP contribution in [0.3, 0.4) is 0 Å². The second-order valence-electron chi connectivity index (χ2n) is 8.46. The van der Waals surface area contributed by atoms with Crippen LogP contribution in [0.15, 0.2) is 66.7 Å². The summed E-state index contributed by atoms with van der Waals surface area (Å²) in [4.78, 5) is 12.7. The number of nitrogens with one attached hydrogen (secondary N) is 1. The Morgan fingerprint density at radius 3 is 2.31 bits per heavy atom. The predicted molar refractivity (Wildman–Crippen MR) is 120 cm³/mol. The summed E-state index contributed by atoms with van der Waals surface area (Å²) in [6.45, 7) is 4.11. The summed E-state index contributed by atoms with van der Waals surface area (Å²) >= 11 is 0. The number of para-hydroxylation sites is 1. The van der Waals surface area contributed by atoms with Crippen molar-refractivity contribution in [3.05, 3.63) is 77.9 Å². The molecule has 1 amide bonds. The molecule has 0 radical (unpaired) electrons. The van der Waals surface area contributed by atoms with E-state index in [1.165, 1.54) is 18.2 Å². The molecular formula is C25H23F3N2O2. The second kappa shape index (κ2) is 7.98. The zero-order chi connectivity index (χ0) is 23.1. The molecule has 2 N–H and O–H groups in total. The predicted octanol–water partition coefficient (Wildman–Crippen LogP) is 6.23. The molecule has 32 heavy (non-hydrogen) atoms. The van der Waals surface area contributed by atoms with Crippen LogP contribution in [-0.2, 0) is 12.7 Å². The molecule has 4 rings (SSSR count). The van der Waals surface area contributed by atoms with Crippen LogP contribution < -0.4 is 5.32 Å². The molecule has 0 spiro atoms. The average molecular weight is 440 g/mol. The molecule has 1 heterocycles. The van der Waals surface area contributed by atoms with Crippen molar-refractivity contribution < 1.29 is 23.1 Å². The normalized spacial score (nSPS) is 12.4. The molecule has 0 saturated carbocycles. The van der Waals surface area contributed by atoms with Gasteiger partial charge in [-0.05, 0) is 56.7 Å². The maximum atomic E-state index is 13.3. The number of rotatable bonds is 5. The number of anilines is 1. The van der Waals surface area contributed by atoms with Gasteiger partial charge in [-0.2, -0.15) is 13.2 Å². The topological polar surface area (TPSA) is 54.3 Å². The van der Waals surface area contributed by atoms with E-state index in [0.717, 1.165) is 27.9 Å². The van der Waals surface area contributed by atoms with Crippen molar-refractivity contribution in [1.29, 1.82) is 0 Å². The van der Waals surface area contributed by atoms with Crippen molar-refractivity contribution >= 4 is 33.4 Å². The minimum absolute atomic E-state index is 0.407. The van der Waals surface area contributed by atoms with Crippen LogP contribution >= 0.6 is 0 Å². The second-order valence-corrected chi connectivity index (χ2v) is 8.46. The first-order valence-electron chi connectivity index (χ1n) is 10.3. The monoisotopic (exact) mass is 440 g/mol. The molecule has 0 atom stereocenters. The van der Waals surface area contributed by atoms with Gasteiger partial charge in [0.05, 0.1) is 16.7 Å². The van der Waals surface area contributed by atoms with Gasteiger partial charge < -0.3 is 15.0 Å². The minimum atomic E-state index is -4.62. The Kier molecular flexibility index (Phi) is 5.46. The molecule has 0 aliphatic heterocycles. The van der Waals surface area contributed by atoms with Gasteiger partial charge in [-0.3, -0.25) is 4.79 Å². The third-order valence-electron chi connectivity index (χ3n) is 5.45. The summed E-state index contributed by atoms with van der Waals surface area (Å²) < 4.78 is 42.0. The van der Waals surface area contributed by atoms with E-state index in [-0.39, 0.29) is 0 Å². The lowest BCUT2D eigenvalue weighted by molar-refractivity contribution is -0.137. The number of aryl methyl sites for hydroxylation is 1. The van der Waals surface area contributed by atoms with Crippen LogP contribution in [-0.4, -0.2) is 21.2 Å². The van der Waals surface area contributed by atoms with Crippen LogP contribution in [0, 0.1) is 0 Å². The highest BCUT2D eigenvalue weighted by Gasteiger charge is 2.34. The van der Waals surface area contributed by atoms with E-state index in [1.807, 2.05) is 30.3 Å². The number of aromatic nitrogens is 1. The Hall–Kier alpha value is -3.32. The van der Waals surface area contributed by atoms with Gasteiger partial charge in [0.1, 0.15) is 0 Å². The largest absolute Gasteiger partial charge is 0.417 e. The standard InChI is InChI=1S/C25H23F3N2O2/c1-24(2,32)13-14-30-21-10-6-4-7-17(21)19-15-16(11-12-22(19)30)29-23(31)18-8-3-5-9-20(18)25(26,27)28/h3-12,15,32H,13-14H2,1-2H3,(H,29,31). The van der Waals surface area contributed by atoms with Gasteiger partial charge >= 0.3 is 6.18 Å². The number of carbonyl (C=O) groups excluding carboxylic acids is 1. The number of amides is 1. The van der Waals surface area contributed by atoms with Gasteiger partial charge in [0.15, 0.2) is 0 Å². The number of fused-ring (bicyclic) bond motifs is 3. The summed E-state index contributed by atoms with van der Waals surface area (Å²) in [6, 6.07) is 17.8. The highest BCUT2D eigenvalue weighted by Crippen LogP contribution is 2.34. The first-order valence-corrected chi connectivity index (χ1v) is 10.3. The summed E-state index contributed by atoms with van der Waals surface area (Å²) in [7, 11) is 0. The van der Waals surface area contributed by atoms with Crippen LogP contribution in [0.2, 0.25) is 0 Å². The Bertz CT molecular complexity index is 1300. The van der Waals surface area contributed by atoms with E-state index in [1.54, 1.807) is 26.0 Å². The quantitative estimate of drug-likeness (QED) is 0.387. The minimum Gasteiger partial charge on any atom is -0.390 e. The third-order valence-corrected chi connectivity index (χ3v) is 5.45. The van der Waals surface area contributed by atoms with Crippen molar-refractivity contribution in [2.75, 3.05) is 5.32 Å². The Morgan fingerprint density at radius 2 is 1.59 bits per heavy atom. The Balaban J connectivity index is 1.72. The summed E-state index contributed by atoms with van der Waals surface area (Å²) in [5, 5.41) is 14.6. The van der Waals surface area contributed by atoms with Gasteiger partial charge in [0, 0.05) is 34.0 Å². The fourth-order valence-corrected chi connectivity index (χ4v) is 3.88. The van der Waals surface area contributed by atoms with Gasteiger partial charge in [0.2, 0.25) is 0 Å². The van der Waals surface area contributed by atoms with Gasteiger partial charge in [-0.25, -0.2) is 0 Å². The maximum absolute atomic E-state index is 13.3. The van der Waals surface area contributed by atoms with Crippen LogP contribution in [0.4, 0.5) is 18.9 Å². The molecule has 0 fully saturated rings. The highest BCUT2D eigenvalue weighted by atomic mass is 19.4. The number of hydrogen-bond donors (Lipinski definition) is 2. The van der Waals surface area contributed by atoms with E-state index in [9.17, 15) is 23.1 Å². The van der Waals surface area contributed by atoms with E-state index in [2.05, 4.69) is 9.88 Å². The van der Waals surface area contributed by atoms with E-state index in [4.69, 9.17) is 0 Å². The zero-order valence-electron chi connectivity index (χ0n) is 17.7. The van der Waals surface area contributed by atoms with Crippen molar-refractivity contribution in [3.8, 4) is 0 Å². The van der Waals surface area contributed by atoms with Crippen LogP contribution in [0.5, 0.6) is 0 Å². The van der Waals surface area contributed by atoms with Crippen LogP contribution in [0.1, 0.15) is 36.2 Å². The Morgan fingerprint density at radius 1 is 0.938 bits per heavy atom. The van der Waals surface area contributed by atoms with E-state index >= 15 is 0 Å². The first kappa shape index (κ1) is 21.9. The number of hydrogen-bond acceptors (Lipinski definition) is 2. The molecule has 0 saturated heterocycles. The third kappa shape index (κ3) is 4.34. The lowest BCUT2D eigenvalue weighted by Crippen LogP contribution is -2.21. The molecule has 1 aromatic heterocycles. The fourth-order valence-electron chi connectivity index (χ4n) is 3.88. The molecule has 7 heteroatoms. The maximum Gasteiger partial charge on any atom is 0.417 e. The summed E-state index contributed by atoms with van der Waals surface area (Å²) in [6.07, 6.45) is -4.07. The van der Waals surface area contributed by atoms with E-state index in [0.29, 0.717) is 18.7 Å². The number of aliphatic hydroxyl groups is 1. The van der Waals surface area contributed by atoms with Crippen molar-refractivity contribution in [2.24, 2.45) is 0 Å². The van der Waals surface area contributed by atoms with Gasteiger partial charge in [-0.1, -0.05) is 30.3 Å². The molecule has 4 nitrogen and oxygen atoms in total. The lowest BCUT2D eigenvalue weighted by Gasteiger charge is -2.18. The molecule has 4 aromatic rings. The van der Waals surface area contributed by atoms with Gasteiger partial charge in [0.25, 0.3) is 5.91 Å². The summed E-state index contributed by atoms with van der Waals surface area (Å²) in [5.41, 5.74) is 0.0958. The summed E-state index contributed by atoms with van der Waals surface area (Å²) in [5.74, 6) is -0.817. The van der Waals surface area contributed by atoms with Crippen molar-refractivity contribution in [3.63, 3.8) is 0 Å². The molecule has 0 bridgehead atoms. The molecule has 166 valence electrons.